The number of nitrogens with zero attached hydrogens (tertiary/aromatic N) is 1. The van der Waals surface area contributed by atoms with E-state index in [0.717, 1.165) is 0 Å². The van der Waals surface area contributed by atoms with E-state index in [1.54, 1.807) is 26.2 Å². The van der Waals surface area contributed by atoms with E-state index >= 15 is 0 Å². The van der Waals surface area contributed by atoms with Crippen LogP contribution in [0.1, 0.15) is 12.5 Å². The van der Waals surface area contributed by atoms with Crippen LogP contribution in [-0.2, 0) is 15.1 Å². The van der Waals surface area contributed by atoms with Crippen LogP contribution in [0.15, 0.2) is 27.7 Å². The fourth-order valence-electron chi connectivity index (χ4n) is 1.96. The van der Waals surface area contributed by atoms with Gasteiger partial charge in [0.1, 0.15) is 11.4 Å². The maximum absolute atomic E-state index is 14.0. The highest BCUT2D eigenvalue weighted by Gasteiger charge is 2.44. The highest BCUT2D eigenvalue weighted by molar-refractivity contribution is 9.10. The molecule has 0 spiro atoms. The molecule has 1 aliphatic rings. The van der Waals surface area contributed by atoms with Gasteiger partial charge >= 0.3 is 0 Å². The molecule has 2 rings (SSSR count). The van der Waals surface area contributed by atoms with Crippen molar-refractivity contribution in [3.63, 3.8) is 0 Å². The second-order valence-electron chi connectivity index (χ2n) is 4.55. The molecule has 0 radical (unpaired) electrons. The monoisotopic (exact) mass is 343 g/mol. The van der Waals surface area contributed by atoms with Gasteiger partial charge in [-0.05, 0) is 25.1 Å². The lowest BCUT2D eigenvalue weighted by molar-refractivity contribution is -0.123. The van der Waals surface area contributed by atoms with Crippen molar-refractivity contribution in [1.29, 1.82) is 0 Å². The Bertz CT molecular complexity index is 565. The molecule has 1 saturated heterocycles. The van der Waals surface area contributed by atoms with Crippen molar-refractivity contribution in [2.24, 2.45) is 4.99 Å². The molecule has 1 amide bonds. The number of carbonyl (C=O) groups is 1. The molecule has 1 aliphatic heterocycles. The van der Waals surface area contributed by atoms with Crippen LogP contribution in [0.3, 0.4) is 0 Å². The summed E-state index contributed by atoms with van der Waals surface area (Å²) in [6.45, 7) is 2.48. The van der Waals surface area contributed by atoms with Gasteiger partial charge in [-0.3, -0.25) is 15.1 Å². The van der Waals surface area contributed by atoms with Gasteiger partial charge in [0.2, 0.25) is 0 Å². The van der Waals surface area contributed by atoms with E-state index in [-0.39, 0.29) is 11.5 Å². The third-order valence-electron chi connectivity index (χ3n) is 3.09. The number of halogens is 2. The fourth-order valence-corrected chi connectivity index (χ4v) is 2.32. The Morgan fingerprint density at radius 3 is 2.95 bits per heavy atom. The van der Waals surface area contributed by atoms with Gasteiger partial charge in [0.05, 0.1) is 13.2 Å². The molecule has 7 heteroatoms. The van der Waals surface area contributed by atoms with Crippen LogP contribution in [0.25, 0.3) is 0 Å². The largest absolute Gasteiger partial charge is 0.383 e. The highest BCUT2D eigenvalue weighted by Crippen LogP contribution is 2.29. The lowest BCUT2D eigenvalue weighted by Gasteiger charge is -2.22. The molecular formula is C13H15BrFN3O2. The Morgan fingerprint density at radius 2 is 2.25 bits per heavy atom. The summed E-state index contributed by atoms with van der Waals surface area (Å²) in [6, 6.07) is 4.49. The highest BCUT2D eigenvalue weighted by atomic mass is 79.9. The number of methoxy groups -OCH3 is 1. The number of nitrogens with one attached hydrogen (secondary N) is 2. The number of ether oxygens (including phenoxy) is 1. The maximum Gasteiger partial charge on any atom is 0.256 e. The second kappa shape index (κ2) is 5.88. The van der Waals surface area contributed by atoms with E-state index in [4.69, 9.17) is 4.74 Å². The van der Waals surface area contributed by atoms with Crippen LogP contribution in [0, 0.1) is 5.82 Å². The summed E-state index contributed by atoms with van der Waals surface area (Å²) in [5.74, 6) is -0.462. The number of guanidine groups is 1. The fraction of sp³-hybridized carbons (Fsp3) is 0.385. The quantitative estimate of drug-likeness (QED) is 0.815. The smallest absolute Gasteiger partial charge is 0.256 e. The summed E-state index contributed by atoms with van der Waals surface area (Å²) < 4.78 is 19.6. The topological polar surface area (TPSA) is 62.7 Å². The number of benzene rings is 1. The van der Waals surface area contributed by atoms with E-state index in [1.807, 2.05) is 0 Å². The SMILES string of the molecule is COCCN=C1NC(=O)C(C)(c2cc(Br)ccc2F)N1. The van der Waals surface area contributed by atoms with E-state index in [9.17, 15) is 9.18 Å². The normalized spacial score (nSPS) is 23.8. The van der Waals surface area contributed by atoms with Crippen LogP contribution >= 0.6 is 15.9 Å². The van der Waals surface area contributed by atoms with E-state index < -0.39 is 11.4 Å². The van der Waals surface area contributed by atoms with E-state index in [2.05, 4.69) is 31.6 Å². The standard InChI is InChI=1S/C13H15BrFN3O2/c1-13(9-7-8(14)3-4-10(9)15)11(19)17-12(18-13)16-5-6-20-2/h3-4,7H,5-6H2,1-2H3,(H2,16,17,18,19). The molecule has 20 heavy (non-hydrogen) atoms. The Kier molecular flexibility index (Phi) is 4.39. The number of hydrogen-bond acceptors (Lipinski definition) is 3. The van der Waals surface area contributed by atoms with Crippen molar-refractivity contribution in [1.82, 2.24) is 10.6 Å². The molecule has 0 aromatic heterocycles. The number of amides is 1. The average Bonchev–Trinajstić information content (AvgIpc) is 2.69. The summed E-state index contributed by atoms with van der Waals surface area (Å²) >= 11 is 3.28. The first-order valence-corrected chi connectivity index (χ1v) is 6.85. The summed E-state index contributed by atoms with van der Waals surface area (Å²) in [5, 5.41) is 5.54. The molecule has 1 heterocycles. The third kappa shape index (κ3) is 2.83. The molecule has 5 nitrogen and oxygen atoms in total. The van der Waals surface area contributed by atoms with E-state index in [0.29, 0.717) is 23.6 Å². The zero-order valence-electron chi connectivity index (χ0n) is 11.2. The minimum Gasteiger partial charge on any atom is -0.383 e. The molecule has 1 aromatic carbocycles. The third-order valence-corrected chi connectivity index (χ3v) is 3.58. The summed E-state index contributed by atoms with van der Waals surface area (Å²) in [4.78, 5) is 16.3. The van der Waals surface area contributed by atoms with Gasteiger partial charge < -0.3 is 10.1 Å². The van der Waals surface area contributed by atoms with Crippen molar-refractivity contribution in [3.05, 3.63) is 34.1 Å². The van der Waals surface area contributed by atoms with Crippen molar-refractivity contribution >= 4 is 27.8 Å². The molecule has 2 N–H and O–H groups in total. The van der Waals surface area contributed by atoms with Crippen LogP contribution in [0.5, 0.6) is 0 Å². The zero-order chi connectivity index (χ0) is 14.8. The van der Waals surface area contributed by atoms with E-state index in [1.165, 1.54) is 6.07 Å². The minimum absolute atomic E-state index is 0.265. The first kappa shape index (κ1) is 14.9. The van der Waals surface area contributed by atoms with Crippen LogP contribution < -0.4 is 10.6 Å². The Hall–Kier alpha value is -1.47. The number of carbonyl (C=O) groups excluding carboxylic acids is 1. The number of hydrogen-bond donors (Lipinski definition) is 2. The van der Waals surface area contributed by atoms with Crippen LogP contribution in [0.4, 0.5) is 4.39 Å². The van der Waals surface area contributed by atoms with Gasteiger partial charge in [-0.1, -0.05) is 15.9 Å². The maximum atomic E-state index is 14.0. The van der Waals surface area contributed by atoms with Crippen molar-refractivity contribution in [2.45, 2.75) is 12.5 Å². The van der Waals surface area contributed by atoms with Gasteiger partial charge in [0, 0.05) is 17.1 Å². The Balaban J connectivity index is 2.28. The lowest BCUT2D eigenvalue weighted by atomic mass is 9.92. The molecule has 1 aromatic rings. The Morgan fingerprint density at radius 1 is 1.50 bits per heavy atom. The van der Waals surface area contributed by atoms with Crippen molar-refractivity contribution in [3.8, 4) is 0 Å². The molecule has 108 valence electrons. The van der Waals surface area contributed by atoms with Gasteiger partial charge in [-0.25, -0.2) is 4.39 Å². The molecule has 0 aliphatic carbocycles. The summed E-state index contributed by atoms with van der Waals surface area (Å²) in [7, 11) is 1.57. The Labute approximate surface area is 124 Å². The minimum atomic E-state index is -1.18. The molecule has 1 atom stereocenters. The van der Waals surface area contributed by atoms with Gasteiger partial charge in [0.25, 0.3) is 5.91 Å². The predicted octanol–water partition coefficient (Wildman–Crippen LogP) is 1.53. The first-order valence-electron chi connectivity index (χ1n) is 6.06. The second-order valence-corrected chi connectivity index (χ2v) is 5.47. The number of aliphatic imine (C=N–C) groups is 1. The first-order chi connectivity index (χ1) is 9.47. The van der Waals surface area contributed by atoms with Gasteiger partial charge in [0.15, 0.2) is 5.96 Å². The zero-order valence-corrected chi connectivity index (χ0v) is 12.8. The molecule has 1 fully saturated rings. The summed E-state index contributed by atoms with van der Waals surface area (Å²) in [6.07, 6.45) is 0. The molecule has 1 unspecified atom stereocenters. The average molecular weight is 344 g/mol. The van der Waals surface area contributed by atoms with Gasteiger partial charge in [-0.15, -0.1) is 0 Å². The molecule has 0 saturated carbocycles. The molecular weight excluding hydrogens is 329 g/mol. The molecule has 0 bridgehead atoms. The lowest BCUT2D eigenvalue weighted by Crippen LogP contribution is -2.41. The van der Waals surface area contributed by atoms with Crippen molar-refractivity contribution in [2.75, 3.05) is 20.3 Å². The van der Waals surface area contributed by atoms with Crippen molar-refractivity contribution < 1.29 is 13.9 Å². The predicted molar refractivity (Wildman–Crippen MR) is 76.9 cm³/mol. The van der Waals surface area contributed by atoms with Crippen LogP contribution in [0.2, 0.25) is 0 Å². The number of rotatable bonds is 4. The van der Waals surface area contributed by atoms with Crippen LogP contribution in [-0.4, -0.2) is 32.1 Å². The van der Waals surface area contributed by atoms with Gasteiger partial charge in [-0.2, -0.15) is 0 Å². The summed E-state index contributed by atoms with van der Waals surface area (Å²) in [5.41, 5.74) is -0.916.